The fourth-order valence-electron chi connectivity index (χ4n) is 1.52. The predicted molar refractivity (Wildman–Crippen MR) is 52.3 cm³/mol. The Morgan fingerprint density at radius 1 is 1.53 bits per heavy atom. The standard InChI is InChI=1S/C9H16N2O4/c12-7(9(14)15)5-11-8(13)4-6-2-1-3-10-6/h6-7,10,12H,1-5H2,(H,11,13)(H,14,15)/t6?,7-/m0/s1. The Labute approximate surface area is 87.7 Å². The number of carboxylic acid groups (broad SMARTS) is 1. The third-order valence-corrected chi connectivity index (χ3v) is 2.37. The van der Waals surface area contributed by atoms with E-state index in [1.807, 2.05) is 0 Å². The minimum Gasteiger partial charge on any atom is -0.479 e. The van der Waals surface area contributed by atoms with E-state index in [9.17, 15) is 9.59 Å². The van der Waals surface area contributed by atoms with Crippen LogP contribution in [0.1, 0.15) is 19.3 Å². The van der Waals surface area contributed by atoms with Crippen molar-refractivity contribution in [2.24, 2.45) is 0 Å². The molecule has 15 heavy (non-hydrogen) atoms. The highest BCUT2D eigenvalue weighted by molar-refractivity contribution is 5.78. The fourth-order valence-corrected chi connectivity index (χ4v) is 1.52. The first kappa shape index (κ1) is 11.9. The Morgan fingerprint density at radius 3 is 2.80 bits per heavy atom. The van der Waals surface area contributed by atoms with Crippen molar-refractivity contribution in [3.05, 3.63) is 0 Å². The number of aliphatic carboxylic acids is 1. The first-order valence-electron chi connectivity index (χ1n) is 5.00. The summed E-state index contributed by atoms with van der Waals surface area (Å²) in [6, 6.07) is 0.187. The molecule has 1 fully saturated rings. The molecule has 0 radical (unpaired) electrons. The van der Waals surface area contributed by atoms with Gasteiger partial charge in [0.2, 0.25) is 5.91 Å². The summed E-state index contributed by atoms with van der Waals surface area (Å²) in [5.41, 5.74) is 0. The van der Waals surface area contributed by atoms with Gasteiger partial charge in [0.25, 0.3) is 0 Å². The number of aliphatic hydroxyl groups is 1. The van der Waals surface area contributed by atoms with Gasteiger partial charge in [0.05, 0.1) is 6.54 Å². The summed E-state index contributed by atoms with van der Waals surface area (Å²) in [5.74, 6) is -1.55. The van der Waals surface area contributed by atoms with Crippen molar-refractivity contribution in [1.82, 2.24) is 10.6 Å². The number of rotatable bonds is 5. The van der Waals surface area contributed by atoms with Crippen LogP contribution in [0.25, 0.3) is 0 Å². The molecule has 0 aromatic heterocycles. The van der Waals surface area contributed by atoms with Gasteiger partial charge in [-0.25, -0.2) is 4.79 Å². The van der Waals surface area contributed by atoms with Crippen molar-refractivity contribution in [3.8, 4) is 0 Å². The highest BCUT2D eigenvalue weighted by atomic mass is 16.4. The van der Waals surface area contributed by atoms with E-state index in [0.29, 0.717) is 6.42 Å². The van der Waals surface area contributed by atoms with Crippen molar-refractivity contribution in [2.75, 3.05) is 13.1 Å². The lowest BCUT2D eigenvalue weighted by molar-refractivity contribution is -0.146. The molecule has 86 valence electrons. The number of carbonyl (C=O) groups is 2. The van der Waals surface area contributed by atoms with Crippen LogP contribution in [0, 0.1) is 0 Å². The molecule has 2 atom stereocenters. The lowest BCUT2D eigenvalue weighted by Crippen LogP contribution is -2.38. The minimum atomic E-state index is -1.52. The van der Waals surface area contributed by atoms with Crippen LogP contribution in [0.5, 0.6) is 0 Å². The largest absolute Gasteiger partial charge is 0.479 e. The Bertz CT molecular complexity index is 238. The van der Waals surface area contributed by atoms with E-state index in [-0.39, 0.29) is 18.5 Å². The maximum Gasteiger partial charge on any atom is 0.334 e. The number of carboxylic acids is 1. The van der Waals surface area contributed by atoms with Crippen LogP contribution in [-0.2, 0) is 9.59 Å². The monoisotopic (exact) mass is 216 g/mol. The molecule has 1 unspecified atom stereocenters. The van der Waals surface area contributed by atoms with Gasteiger partial charge in [-0.05, 0) is 19.4 Å². The SMILES string of the molecule is O=C(CC1CCCN1)NC[C@H](O)C(=O)O. The second kappa shape index (κ2) is 5.67. The van der Waals surface area contributed by atoms with E-state index in [0.717, 1.165) is 19.4 Å². The zero-order chi connectivity index (χ0) is 11.3. The number of carbonyl (C=O) groups excluding carboxylic acids is 1. The highest BCUT2D eigenvalue weighted by Crippen LogP contribution is 2.07. The van der Waals surface area contributed by atoms with E-state index in [1.54, 1.807) is 0 Å². The molecule has 4 N–H and O–H groups in total. The number of amides is 1. The Morgan fingerprint density at radius 2 is 2.27 bits per heavy atom. The molecule has 0 saturated carbocycles. The topological polar surface area (TPSA) is 98.7 Å². The van der Waals surface area contributed by atoms with Gasteiger partial charge in [0, 0.05) is 12.5 Å². The fraction of sp³-hybridized carbons (Fsp3) is 0.778. The van der Waals surface area contributed by atoms with Gasteiger partial charge >= 0.3 is 5.97 Å². The molecule has 1 amide bonds. The van der Waals surface area contributed by atoms with E-state index < -0.39 is 12.1 Å². The Kier molecular flexibility index (Phi) is 4.51. The molecule has 1 saturated heterocycles. The molecule has 1 rings (SSSR count). The zero-order valence-corrected chi connectivity index (χ0v) is 8.40. The summed E-state index contributed by atoms with van der Waals surface area (Å²) >= 11 is 0. The molecule has 0 aromatic rings. The third-order valence-electron chi connectivity index (χ3n) is 2.37. The lowest BCUT2D eigenvalue weighted by Gasteiger charge is -2.11. The van der Waals surface area contributed by atoms with Crippen LogP contribution in [0.3, 0.4) is 0 Å². The summed E-state index contributed by atoms with van der Waals surface area (Å²) in [4.78, 5) is 21.5. The van der Waals surface area contributed by atoms with Crippen LogP contribution in [-0.4, -0.2) is 47.3 Å². The Hall–Kier alpha value is -1.14. The van der Waals surface area contributed by atoms with Gasteiger partial charge in [-0.3, -0.25) is 4.79 Å². The maximum atomic E-state index is 11.3. The Balaban J connectivity index is 2.15. The van der Waals surface area contributed by atoms with Crippen molar-refractivity contribution >= 4 is 11.9 Å². The van der Waals surface area contributed by atoms with Crippen molar-refractivity contribution < 1.29 is 19.8 Å². The summed E-state index contributed by atoms with van der Waals surface area (Å²) in [5, 5.41) is 22.8. The maximum absolute atomic E-state index is 11.3. The molecule has 6 heteroatoms. The van der Waals surface area contributed by atoms with Gasteiger partial charge in [0.1, 0.15) is 0 Å². The van der Waals surface area contributed by atoms with Gasteiger partial charge < -0.3 is 20.8 Å². The number of aliphatic hydroxyl groups excluding tert-OH is 1. The zero-order valence-electron chi connectivity index (χ0n) is 8.40. The normalized spacial score (nSPS) is 22.3. The minimum absolute atomic E-state index is 0.187. The lowest BCUT2D eigenvalue weighted by atomic mass is 10.1. The second-order valence-electron chi connectivity index (χ2n) is 3.66. The number of hydrogen-bond acceptors (Lipinski definition) is 4. The highest BCUT2D eigenvalue weighted by Gasteiger charge is 2.19. The predicted octanol–water partition coefficient (Wildman–Crippen LogP) is -1.31. The molecular formula is C9H16N2O4. The van der Waals surface area contributed by atoms with Crippen molar-refractivity contribution in [3.63, 3.8) is 0 Å². The molecule has 6 nitrogen and oxygen atoms in total. The van der Waals surface area contributed by atoms with Crippen LogP contribution in [0.15, 0.2) is 0 Å². The molecule has 0 aliphatic carbocycles. The van der Waals surface area contributed by atoms with Crippen molar-refractivity contribution in [2.45, 2.75) is 31.4 Å². The summed E-state index contributed by atoms with van der Waals surface area (Å²) in [6.45, 7) is 0.691. The average Bonchev–Trinajstić information content (AvgIpc) is 2.66. The summed E-state index contributed by atoms with van der Waals surface area (Å²) in [7, 11) is 0. The van der Waals surface area contributed by atoms with Crippen LogP contribution in [0.2, 0.25) is 0 Å². The van der Waals surface area contributed by atoms with E-state index >= 15 is 0 Å². The molecule has 1 heterocycles. The first-order valence-corrected chi connectivity index (χ1v) is 5.00. The van der Waals surface area contributed by atoms with Gasteiger partial charge in [-0.1, -0.05) is 0 Å². The molecule has 1 aliphatic rings. The van der Waals surface area contributed by atoms with Crippen molar-refractivity contribution in [1.29, 1.82) is 0 Å². The number of nitrogens with one attached hydrogen (secondary N) is 2. The van der Waals surface area contributed by atoms with Gasteiger partial charge in [-0.2, -0.15) is 0 Å². The first-order chi connectivity index (χ1) is 7.09. The van der Waals surface area contributed by atoms with Crippen LogP contribution in [0.4, 0.5) is 0 Å². The van der Waals surface area contributed by atoms with E-state index in [2.05, 4.69) is 10.6 Å². The quantitative estimate of drug-likeness (QED) is 0.457. The average molecular weight is 216 g/mol. The van der Waals surface area contributed by atoms with Gasteiger partial charge in [-0.15, -0.1) is 0 Å². The van der Waals surface area contributed by atoms with E-state index in [4.69, 9.17) is 10.2 Å². The summed E-state index contributed by atoms with van der Waals surface area (Å²) in [6.07, 6.45) is 0.849. The van der Waals surface area contributed by atoms with Crippen LogP contribution < -0.4 is 10.6 Å². The molecular weight excluding hydrogens is 200 g/mol. The molecule has 0 aromatic carbocycles. The smallest absolute Gasteiger partial charge is 0.334 e. The summed E-state index contributed by atoms with van der Waals surface area (Å²) < 4.78 is 0. The van der Waals surface area contributed by atoms with Gasteiger partial charge in [0.15, 0.2) is 6.10 Å². The molecule has 0 bridgehead atoms. The molecule has 1 aliphatic heterocycles. The number of hydrogen-bond donors (Lipinski definition) is 4. The molecule has 0 spiro atoms. The van der Waals surface area contributed by atoms with E-state index in [1.165, 1.54) is 0 Å². The second-order valence-corrected chi connectivity index (χ2v) is 3.66. The van der Waals surface area contributed by atoms with Crippen LogP contribution >= 0.6 is 0 Å². The third kappa shape index (κ3) is 4.26.